The van der Waals surface area contributed by atoms with Crippen LogP contribution >= 0.6 is 34.1 Å². The first-order chi connectivity index (χ1) is 6.84. The predicted molar refractivity (Wildman–Crippen MR) is 64.6 cm³/mol. The van der Waals surface area contributed by atoms with Gasteiger partial charge in [0.15, 0.2) is 0 Å². The Morgan fingerprint density at radius 1 is 1.36 bits per heavy atom. The molecule has 0 fully saturated rings. The second kappa shape index (κ2) is 3.27. The lowest BCUT2D eigenvalue weighted by atomic mass is 9.78. The minimum atomic E-state index is 0.507. The van der Waals surface area contributed by atoms with Gasteiger partial charge in [0.05, 0.1) is 0 Å². The predicted octanol–water partition coefficient (Wildman–Crippen LogP) is 2.83. The van der Waals surface area contributed by atoms with Gasteiger partial charge in [0.1, 0.15) is 5.01 Å². The Balaban J connectivity index is 1.99. The van der Waals surface area contributed by atoms with Crippen LogP contribution in [0.1, 0.15) is 22.1 Å². The van der Waals surface area contributed by atoms with Crippen molar-refractivity contribution < 1.29 is 0 Å². The van der Waals surface area contributed by atoms with Crippen molar-refractivity contribution in [1.29, 1.82) is 0 Å². The van der Waals surface area contributed by atoms with E-state index in [2.05, 4.69) is 56.2 Å². The summed E-state index contributed by atoms with van der Waals surface area (Å²) in [6.07, 6.45) is 1.13. The van der Waals surface area contributed by atoms with E-state index >= 15 is 0 Å². The van der Waals surface area contributed by atoms with E-state index in [1.54, 1.807) is 0 Å². The Kier molecular flexibility index (Phi) is 2.05. The first-order valence-electron chi connectivity index (χ1n) is 4.41. The summed E-state index contributed by atoms with van der Waals surface area (Å²) in [6, 6.07) is 8.57. The summed E-state index contributed by atoms with van der Waals surface area (Å²) >= 11 is 3.69. The summed E-state index contributed by atoms with van der Waals surface area (Å²) in [7, 11) is 0. The third-order valence-corrected chi connectivity index (χ3v) is 4.21. The first kappa shape index (κ1) is 8.79. The van der Waals surface area contributed by atoms with Gasteiger partial charge in [-0.05, 0) is 29.1 Å². The normalized spacial score (nSPS) is 18.8. The maximum atomic E-state index is 4.43. The number of hydrogen-bond donors (Lipinski definition) is 0. The van der Waals surface area contributed by atoms with Crippen LogP contribution in [0.3, 0.4) is 0 Å². The van der Waals surface area contributed by atoms with Crippen LogP contribution < -0.4 is 0 Å². The fraction of sp³-hybridized carbons (Fsp3) is 0.200. The van der Waals surface area contributed by atoms with Crippen molar-refractivity contribution in [2.75, 3.05) is 0 Å². The van der Waals surface area contributed by atoms with Gasteiger partial charge in [0.25, 0.3) is 0 Å². The lowest BCUT2D eigenvalue weighted by Crippen LogP contribution is -2.17. The molecule has 0 bridgehead atoms. The van der Waals surface area contributed by atoms with Crippen molar-refractivity contribution in [3.05, 3.63) is 44.2 Å². The van der Waals surface area contributed by atoms with Crippen LogP contribution in [0.25, 0.3) is 0 Å². The van der Waals surface area contributed by atoms with Gasteiger partial charge in [0, 0.05) is 28.5 Å². The maximum Gasteiger partial charge on any atom is 0.203 e. The lowest BCUT2D eigenvalue weighted by molar-refractivity contribution is 0.700. The van der Waals surface area contributed by atoms with Gasteiger partial charge in [-0.1, -0.05) is 24.3 Å². The third kappa shape index (κ3) is 1.28. The second-order valence-electron chi connectivity index (χ2n) is 3.36. The number of rotatable bonds is 1. The van der Waals surface area contributed by atoms with Crippen molar-refractivity contribution in [1.82, 2.24) is 9.36 Å². The fourth-order valence-electron chi connectivity index (χ4n) is 1.84. The Morgan fingerprint density at radius 2 is 2.21 bits per heavy atom. The van der Waals surface area contributed by atoms with Crippen molar-refractivity contribution >= 4 is 34.1 Å². The minimum absolute atomic E-state index is 0.507. The standard InChI is InChI=1S/C10H7IN2S/c11-10-12-9(14-13-10)8-5-6-3-1-2-4-7(6)8/h1-4,8H,5H2. The summed E-state index contributed by atoms with van der Waals surface area (Å²) in [5, 5.41) is 1.16. The van der Waals surface area contributed by atoms with Crippen LogP contribution in [0.5, 0.6) is 0 Å². The van der Waals surface area contributed by atoms with Gasteiger partial charge in [0.2, 0.25) is 3.83 Å². The van der Waals surface area contributed by atoms with E-state index in [0.717, 1.165) is 15.3 Å². The van der Waals surface area contributed by atoms with Gasteiger partial charge in [-0.3, -0.25) is 0 Å². The summed E-state index contributed by atoms with van der Waals surface area (Å²) in [4.78, 5) is 4.43. The zero-order chi connectivity index (χ0) is 9.54. The van der Waals surface area contributed by atoms with Gasteiger partial charge in [-0.25, -0.2) is 4.98 Å². The average molecular weight is 314 g/mol. The maximum absolute atomic E-state index is 4.43. The number of aromatic nitrogens is 2. The molecule has 0 N–H and O–H groups in total. The molecule has 14 heavy (non-hydrogen) atoms. The van der Waals surface area contributed by atoms with E-state index in [4.69, 9.17) is 0 Å². The molecule has 2 aromatic rings. The molecule has 1 aromatic carbocycles. The van der Waals surface area contributed by atoms with Gasteiger partial charge < -0.3 is 0 Å². The Hall–Kier alpha value is -0.490. The number of benzene rings is 1. The Bertz CT molecular complexity index is 480. The zero-order valence-electron chi connectivity index (χ0n) is 7.27. The second-order valence-corrected chi connectivity index (χ2v) is 5.11. The molecule has 0 radical (unpaired) electrons. The average Bonchev–Trinajstić information content (AvgIpc) is 2.54. The van der Waals surface area contributed by atoms with Crippen molar-refractivity contribution in [2.45, 2.75) is 12.3 Å². The molecule has 1 aliphatic carbocycles. The highest BCUT2D eigenvalue weighted by Crippen LogP contribution is 2.40. The van der Waals surface area contributed by atoms with E-state index in [-0.39, 0.29) is 0 Å². The van der Waals surface area contributed by atoms with Gasteiger partial charge in [-0.2, -0.15) is 4.37 Å². The molecule has 0 saturated heterocycles. The summed E-state index contributed by atoms with van der Waals surface area (Å²) in [6.45, 7) is 0. The molecule has 0 spiro atoms. The number of halogens is 1. The molecule has 0 amide bonds. The summed E-state index contributed by atoms with van der Waals surface area (Å²) in [5.41, 5.74) is 2.89. The molecule has 1 aliphatic rings. The Labute approximate surface area is 99.7 Å². The quantitative estimate of drug-likeness (QED) is 0.757. The third-order valence-electron chi connectivity index (χ3n) is 2.57. The van der Waals surface area contributed by atoms with Crippen LogP contribution in [-0.2, 0) is 6.42 Å². The van der Waals surface area contributed by atoms with Crippen molar-refractivity contribution in [3.8, 4) is 0 Å². The number of fused-ring (bicyclic) bond motifs is 1. The van der Waals surface area contributed by atoms with E-state index in [9.17, 15) is 0 Å². The molecule has 3 rings (SSSR count). The lowest BCUT2D eigenvalue weighted by Gasteiger charge is -2.27. The van der Waals surface area contributed by atoms with E-state index in [0.29, 0.717) is 5.92 Å². The van der Waals surface area contributed by atoms with E-state index < -0.39 is 0 Å². The van der Waals surface area contributed by atoms with Crippen LogP contribution in [0, 0.1) is 3.83 Å². The molecular formula is C10H7IN2S. The number of nitrogens with zero attached hydrogens (tertiary/aromatic N) is 2. The number of hydrogen-bond acceptors (Lipinski definition) is 3. The molecule has 0 aliphatic heterocycles. The largest absolute Gasteiger partial charge is 0.214 e. The molecule has 2 nitrogen and oxygen atoms in total. The molecule has 1 unspecified atom stereocenters. The SMILES string of the molecule is Ic1nsc(C2Cc3ccccc32)n1. The van der Waals surface area contributed by atoms with Crippen molar-refractivity contribution in [3.63, 3.8) is 0 Å². The molecule has 1 aromatic heterocycles. The summed E-state index contributed by atoms with van der Waals surface area (Å²) in [5.74, 6) is 0.507. The van der Waals surface area contributed by atoms with Crippen LogP contribution in [0.15, 0.2) is 24.3 Å². The topological polar surface area (TPSA) is 25.8 Å². The first-order valence-corrected chi connectivity index (χ1v) is 6.27. The molecule has 70 valence electrons. The van der Waals surface area contributed by atoms with E-state index in [1.807, 2.05) is 0 Å². The van der Waals surface area contributed by atoms with Gasteiger partial charge in [-0.15, -0.1) is 0 Å². The Morgan fingerprint density at radius 3 is 2.93 bits per heavy atom. The molecule has 1 heterocycles. The zero-order valence-corrected chi connectivity index (χ0v) is 10.2. The molecule has 0 saturated carbocycles. The molecular weight excluding hydrogens is 307 g/mol. The highest BCUT2D eigenvalue weighted by atomic mass is 127. The van der Waals surface area contributed by atoms with Crippen molar-refractivity contribution in [2.24, 2.45) is 0 Å². The minimum Gasteiger partial charge on any atom is -0.214 e. The highest BCUT2D eigenvalue weighted by molar-refractivity contribution is 14.1. The fourth-order valence-corrected chi connectivity index (χ4v) is 3.23. The van der Waals surface area contributed by atoms with Crippen LogP contribution in [0.4, 0.5) is 0 Å². The summed E-state index contributed by atoms with van der Waals surface area (Å²) < 4.78 is 5.08. The van der Waals surface area contributed by atoms with Gasteiger partial charge >= 0.3 is 0 Å². The monoisotopic (exact) mass is 314 g/mol. The van der Waals surface area contributed by atoms with Crippen LogP contribution in [-0.4, -0.2) is 9.36 Å². The van der Waals surface area contributed by atoms with E-state index in [1.165, 1.54) is 22.7 Å². The molecule has 4 heteroatoms. The van der Waals surface area contributed by atoms with Crippen LogP contribution in [0.2, 0.25) is 0 Å². The molecule has 1 atom stereocenters. The smallest absolute Gasteiger partial charge is 0.203 e. The highest BCUT2D eigenvalue weighted by Gasteiger charge is 2.29.